The molecule has 1 amide bonds. The molecule has 1 saturated carbocycles. The fraction of sp³-hybridized carbons (Fsp3) is 0.500. The predicted octanol–water partition coefficient (Wildman–Crippen LogP) is 1.64. The maximum absolute atomic E-state index is 11.7. The molecule has 0 saturated heterocycles. The first-order valence-electron chi connectivity index (χ1n) is 4.69. The van der Waals surface area contributed by atoms with Crippen LogP contribution in [-0.4, -0.2) is 28.9 Å². The topological polar surface area (TPSA) is 36.1 Å². The molecule has 1 aromatic heterocycles. The fourth-order valence-electron chi connectivity index (χ4n) is 1.59. The Morgan fingerprint density at radius 3 is 2.85 bits per heavy atom. The van der Waals surface area contributed by atoms with Crippen LogP contribution in [0.2, 0.25) is 0 Å². The van der Waals surface area contributed by atoms with Gasteiger partial charge in [0.2, 0.25) is 0 Å². The average molecular weight is 178 g/mol. The Morgan fingerprint density at radius 2 is 2.38 bits per heavy atom. The first-order valence-corrected chi connectivity index (χ1v) is 4.69. The van der Waals surface area contributed by atoms with Crippen molar-refractivity contribution in [3.05, 3.63) is 24.0 Å². The third-order valence-corrected chi connectivity index (χ3v) is 2.77. The smallest absolute Gasteiger partial charge is 0.270 e. The number of rotatable bonds is 2. The number of amides is 1. The lowest BCUT2D eigenvalue weighted by molar-refractivity contribution is 0.0647. The number of H-pyrrole nitrogens is 1. The van der Waals surface area contributed by atoms with E-state index in [9.17, 15) is 4.79 Å². The Balaban J connectivity index is 2.04. The van der Waals surface area contributed by atoms with Crippen LogP contribution in [0.4, 0.5) is 0 Å². The van der Waals surface area contributed by atoms with E-state index in [2.05, 4.69) is 4.98 Å². The molecule has 1 aromatic rings. The molecule has 0 radical (unpaired) electrons. The van der Waals surface area contributed by atoms with Crippen LogP contribution in [0.15, 0.2) is 18.3 Å². The van der Waals surface area contributed by atoms with E-state index < -0.39 is 0 Å². The Morgan fingerprint density at radius 1 is 1.62 bits per heavy atom. The van der Waals surface area contributed by atoms with Gasteiger partial charge in [-0.05, 0) is 31.4 Å². The maximum atomic E-state index is 11.7. The highest BCUT2D eigenvalue weighted by Crippen LogP contribution is 2.24. The number of nitrogens with zero attached hydrogens (tertiary/aromatic N) is 1. The van der Waals surface area contributed by atoms with Crippen LogP contribution in [0.5, 0.6) is 0 Å². The van der Waals surface area contributed by atoms with Crippen molar-refractivity contribution >= 4 is 5.91 Å². The summed E-state index contributed by atoms with van der Waals surface area (Å²) in [7, 11) is 1.88. The minimum Gasteiger partial charge on any atom is -0.357 e. The molecule has 0 atom stereocenters. The molecule has 1 aliphatic rings. The molecule has 13 heavy (non-hydrogen) atoms. The van der Waals surface area contributed by atoms with Crippen molar-refractivity contribution in [3.63, 3.8) is 0 Å². The van der Waals surface area contributed by atoms with Gasteiger partial charge < -0.3 is 9.88 Å². The summed E-state index contributed by atoms with van der Waals surface area (Å²) in [6.07, 6.45) is 5.35. The van der Waals surface area contributed by atoms with Gasteiger partial charge in [0.25, 0.3) is 5.91 Å². The van der Waals surface area contributed by atoms with Gasteiger partial charge in [0.05, 0.1) is 0 Å². The number of hydrogen-bond donors (Lipinski definition) is 1. The van der Waals surface area contributed by atoms with Crippen molar-refractivity contribution in [2.75, 3.05) is 7.05 Å². The third-order valence-electron chi connectivity index (χ3n) is 2.77. The van der Waals surface area contributed by atoms with Crippen molar-refractivity contribution in [3.8, 4) is 0 Å². The third kappa shape index (κ3) is 1.46. The van der Waals surface area contributed by atoms with Crippen LogP contribution < -0.4 is 0 Å². The van der Waals surface area contributed by atoms with E-state index in [-0.39, 0.29) is 5.91 Å². The first kappa shape index (κ1) is 8.35. The Bertz CT molecular complexity index is 288. The standard InChI is InChI=1S/C10H14N2O/c1-12(8-4-2-5-8)10(13)9-6-3-7-11-9/h3,6-8,11H,2,4-5H2,1H3. The molecule has 70 valence electrons. The zero-order valence-corrected chi connectivity index (χ0v) is 7.79. The van der Waals surface area contributed by atoms with Crippen molar-refractivity contribution in [1.29, 1.82) is 0 Å². The molecular formula is C10H14N2O. The summed E-state index contributed by atoms with van der Waals surface area (Å²) in [6.45, 7) is 0. The normalized spacial score (nSPS) is 16.7. The quantitative estimate of drug-likeness (QED) is 0.734. The van der Waals surface area contributed by atoms with Gasteiger partial charge in [-0.2, -0.15) is 0 Å². The Hall–Kier alpha value is -1.25. The summed E-state index contributed by atoms with van der Waals surface area (Å²) in [4.78, 5) is 16.5. The molecule has 2 rings (SSSR count). The summed E-state index contributed by atoms with van der Waals surface area (Å²) >= 11 is 0. The van der Waals surface area contributed by atoms with E-state index in [0.717, 1.165) is 12.8 Å². The number of carbonyl (C=O) groups is 1. The van der Waals surface area contributed by atoms with Crippen LogP contribution in [0, 0.1) is 0 Å². The Kier molecular flexibility index (Phi) is 2.08. The lowest BCUT2D eigenvalue weighted by Gasteiger charge is -2.34. The molecule has 0 aliphatic heterocycles. The van der Waals surface area contributed by atoms with Crippen molar-refractivity contribution in [1.82, 2.24) is 9.88 Å². The zero-order valence-electron chi connectivity index (χ0n) is 7.79. The predicted molar refractivity (Wildman–Crippen MR) is 50.5 cm³/mol. The van der Waals surface area contributed by atoms with Gasteiger partial charge in [0, 0.05) is 19.3 Å². The van der Waals surface area contributed by atoms with E-state index in [1.807, 2.05) is 24.1 Å². The first-order chi connectivity index (χ1) is 6.29. The summed E-state index contributed by atoms with van der Waals surface area (Å²) < 4.78 is 0. The van der Waals surface area contributed by atoms with Crippen LogP contribution in [-0.2, 0) is 0 Å². The molecule has 1 heterocycles. The molecule has 0 unspecified atom stereocenters. The molecule has 0 spiro atoms. The monoisotopic (exact) mass is 178 g/mol. The van der Waals surface area contributed by atoms with Crippen molar-refractivity contribution in [2.24, 2.45) is 0 Å². The molecule has 1 N–H and O–H groups in total. The van der Waals surface area contributed by atoms with Gasteiger partial charge >= 0.3 is 0 Å². The number of aromatic amines is 1. The zero-order chi connectivity index (χ0) is 9.26. The summed E-state index contributed by atoms with van der Waals surface area (Å²) in [5, 5.41) is 0. The van der Waals surface area contributed by atoms with Gasteiger partial charge in [-0.1, -0.05) is 0 Å². The second-order valence-electron chi connectivity index (χ2n) is 3.58. The van der Waals surface area contributed by atoms with E-state index in [4.69, 9.17) is 0 Å². The van der Waals surface area contributed by atoms with E-state index >= 15 is 0 Å². The van der Waals surface area contributed by atoms with E-state index in [1.165, 1.54) is 6.42 Å². The lowest BCUT2D eigenvalue weighted by Crippen LogP contribution is -2.41. The molecule has 1 fully saturated rings. The number of carbonyl (C=O) groups excluding carboxylic acids is 1. The molecule has 0 bridgehead atoms. The van der Waals surface area contributed by atoms with Gasteiger partial charge in [-0.25, -0.2) is 0 Å². The fourth-order valence-corrected chi connectivity index (χ4v) is 1.59. The maximum Gasteiger partial charge on any atom is 0.270 e. The highest BCUT2D eigenvalue weighted by molar-refractivity contribution is 5.92. The second-order valence-corrected chi connectivity index (χ2v) is 3.58. The van der Waals surface area contributed by atoms with Crippen molar-refractivity contribution < 1.29 is 4.79 Å². The van der Waals surface area contributed by atoms with Gasteiger partial charge in [0.1, 0.15) is 5.69 Å². The number of nitrogens with one attached hydrogen (secondary N) is 1. The number of hydrogen-bond acceptors (Lipinski definition) is 1. The molecule has 1 aliphatic carbocycles. The second kappa shape index (κ2) is 3.24. The minimum absolute atomic E-state index is 0.106. The van der Waals surface area contributed by atoms with Gasteiger partial charge in [-0.3, -0.25) is 4.79 Å². The number of aromatic nitrogens is 1. The van der Waals surface area contributed by atoms with E-state index in [0.29, 0.717) is 11.7 Å². The summed E-state index contributed by atoms with van der Waals surface area (Å²) in [5.74, 6) is 0.106. The molecule has 3 nitrogen and oxygen atoms in total. The van der Waals surface area contributed by atoms with Crippen LogP contribution in [0.1, 0.15) is 29.8 Å². The lowest BCUT2D eigenvalue weighted by atomic mass is 9.92. The molecule has 3 heteroatoms. The van der Waals surface area contributed by atoms with Gasteiger partial charge in [-0.15, -0.1) is 0 Å². The largest absolute Gasteiger partial charge is 0.357 e. The molecular weight excluding hydrogens is 164 g/mol. The van der Waals surface area contributed by atoms with E-state index in [1.54, 1.807) is 6.20 Å². The average Bonchev–Trinajstić information content (AvgIpc) is 2.51. The SMILES string of the molecule is CN(C(=O)c1ccc[nH]1)C1CCC1. The van der Waals surface area contributed by atoms with Crippen LogP contribution in [0.25, 0.3) is 0 Å². The summed E-state index contributed by atoms with van der Waals surface area (Å²) in [6, 6.07) is 4.13. The molecule has 0 aromatic carbocycles. The Labute approximate surface area is 77.7 Å². The van der Waals surface area contributed by atoms with Gasteiger partial charge in [0.15, 0.2) is 0 Å². The summed E-state index contributed by atoms with van der Waals surface area (Å²) in [5.41, 5.74) is 0.689. The van der Waals surface area contributed by atoms with Crippen LogP contribution >= 0.6 is 0 Å². The highest BCUT2D eigenvalue weighted by atomic mass is 16.2. The van der Waals surface area contributed by atoms with Crippen LogP contribution in [0.3, 0.4) is 0 Å². The highest BCUT2D eigenvalue weighted by Gasteiger charge is 2.26. The minimum atomic E-state index is 0.106. The van der Waals surface area contributed by atoms with Crippen molar-refractivity contribution in [2.45, 2.75) is 25.3 Å².